The number of hydrogen-bond acceptors (Lipinski definition) is 3. The molecule has 1 rings (SSSR count). The van der Waals surface area contributed by atoms with Crippen LogP contribution >= 0.6 is 15.9 Å². The van der Waals surface area contributed by atoms with Crippen molar-refractivity contribution in [2.75, 3.05) is 12.4 Å². The van der Waals surface area contributed by atoms with E-state index in [0.29, 0.717) is 23.1 Å². The van der Waals surface area contributed by atoms with Gasteiger partial charge in [0.1, 0.15) is 11.9 Å². The average molecular weight is 289 g/mol. The van der Waals surface area contributed by atoms with Gasteiger partial charge in [0, 0.05) is 5.33 Å². The highest BCUT2D eigenvalue weighted by Crippen LogP contribution is 2.26. The number of rotatable bonds is 5. The van der Waals surface area contributed by atoms with Gasteiger partial charge in [0.2, 0.25) is 0 Å². The fourth-order valence-corrected chi connectivity index (χ4v) is 2.01. The molecular formula is C12H17BrO3. The number of hydrogen-bond donors (Lipinski definition) is 2. The molecule has 0 aliphatic heterocycles. The molecule has 0 saturated heterocycles. The highest BCUT2D eigenvalue weighted by atomic mass is 79.9. The quantitative estimate of drug-likeness (QED) is 0.817. The molecule has 0 amide bonds. The summed E-state index contributed by atoms with van der Waals surface area (Å²) in [6.45, 7) is 1.90. The maximum Gasteiger partial charge on any atom is 0.119 e. The molecule has 0 heterocycles. The Balaban J connectivity index is 2.92. The Morgan fingerprint density at radius 1 is 1.38 bits per heavy atom. The van der Waals surface area contributed by atoms with Crippen LogP contribution in [0.1, 0.15) is 23.7 Å². The lowest BCUT2D eigenvalue weighted by Crippen LogP contribution is -2.19. The topological polar surface area (TPSA) is 49.7 Å². The Labute approximate surface area is 104 Å². The van der Waals surface area contributed by atoms with Crippen LogP contribution in [0.3, 0.4) is 0 Å². The Kier molecular flexibility index (Phi) is 5.25. The maximum atomic E-state index is 9.99. The molecule has 0 aliphatic rings. The molecule has 4 heteroatoms. The van der Waals surface area contributed by atoms with Crippen LogP contribution in [-0.4, -0.2) is 28.8 Å². The normalized spacial score (nSPS) is 14.6. The van der Waals surface area contributed by atoms with Crippen molar-refractivity contribution in [1.29, 1.82) is 0 Å². The minimum absolute atomic E-state index is 0.512. The summed E-state index contributed by atoms with van der Waals surface area (Å²) in [6.07, 6.45) is -1.12. The lowest BCUT2D eigenvalue weighted by Gasteiger charge is -2.19. The third-order valence-corrected chi connectivity index (χ3v) is 3.03. The van der Waals surface area contributed by atoms with E-state index in [1.54, 1.807) is 13.2 Å². The third kappa shape index (κ3) is 3.20. The van der Waals surface area contributed by atoms with E-state index in [0.717, 1.165) is 5.56 Å². The van der Waals surface area contributed by atoms with Gasteiger partial charge in [-0.1, -0.05) is 22.0 Å². The third-order valence-electron chi connectivity index (χ3n) is 2.57. The summed E-state index contributed by atoms with van der Waals surface area (Å²) in [5.41, 5.74) is 1.66. The minimum atomic E-state index is -0.868. The molecule has 2 N–H and O–H groups in total. The molecule has 0 saturated carbocycles. The smallest absolute Gasteiger partial charge is 0.119 e. The summed E-state index contributed by atoms with van der Waals surface area (Å²) >= 11 is 3.24. The zero-order valence-electron chi connectivity index (χ0n) is 9.48. The highest BCUT2D eigenvalue weighted by molar-refractivity contribution is 9.09. The Morgan fingerprint density at radius 3 is 2.62 bits per heavy atom. The van der Waals surface area contributed by atoms with Crippen molar-refractivity contribution in [3.63, 3.8) is 0 Å². The van der Waals surface area contributed by atoms with E-state index >= 15 is 0 Å². The molecule has 2 unspecified atom stereocenters. The molecular weight excluding hydrogens is 272 g/mol. The molecule has 1 aromatic carbocycles. The first-order valence-corrected chi connectivity index (χ1v) is 6.29. The van der Waals surface area contributed by atoms with Crippen LogP contribution in [0.25, 0.3) is 0 Å². The first kappa shape index (κ1) is 13.5. The highest BCUT2D eigenvalue weighted by Gasteiger charge is 2.19. The van der Waals surface area contributed by atoms with Gasteiger partial charge in [0.15, 0.2) is 0 Å². The Bertz CT molecular complexity index is 341. The molecule has 0 aromatic heterocycles. The zero-order valence-corrected chi connectivity index (χ0v) is 11.1. The number of ether oxygens (including phenoxy) is 1. The second-order valence-electron chi connectivity index (χ2n) is 3.71. The van der Waals surface area contributed by atoms with Crippen molar-refractivity contribution in [1.82, 2.24) is 0 Å². The van der Waals surface area contributed by atoms with Crippen LogP contribution in [0, 0.1) is 6.92 Å². The van der Waals surface area contributed by atoms with Crippen molar-refractivity contribution in [2.45, 2.75) is 25.6 Å². The number of aliphatic hydroxyl groups excluding tert-OH is 2. The molecule has 3 nitrogen and oxygen atoms in total. The van der Waals surface area contributed by atoms with Gasteiger partial charge < -0.3 is 14.9 Å². The fraction of sp³-hybridized carbons (Fsp3) is 0.500. The second kappa shape index (κ2) is 6.23. The fourth-order valence-electron chi connectivity index (χ4n) is 1.54. The van der Waals surface area contributed by atoms with E-state index in [2.05, 4.69) is 15.9 Å². The number of alkyl halides is 1. The van der Waals surface area contributed by atoms with E-state index in [1.807, 2.05) is 19.1 Å². The van der Waals surface area contributed by atoms with E-state index in [-0.39, 0.29) is 0 Å². The molecule has 0 fully saturated rings. The van der Waals surface area contributed by atoms with E-state index in [1.165, 1.54) is 0 Å². The Morgan fingerprint density at radius 2 is 2.06 bits per heavy atom. The van der Waals surface area contributed by atoms with Gasteiger partial charge in [0.05, 0.1) is 13.2 Å². The first-order valence-electron chi connectivity index (χ1n) is 5.16. The number of halogens is 1. The van der Waals surface area contributed by atoms with Crippen LogP contribution in [0.15, 0.2) is 18.2 Å². The lowest BCUT2D eigenvalue weighted by atomic mass is 9.98. The van der Waals surface area contributed by atoms with Gasteiger partial charge in [-0.15, -0.1) is 0 Å². The molecule has 0 spiro atoms. The van der Waals surface area contributed by atoms with E-state index in [4.69, 9.17) is 4.74 Å². The molecule has 0 aliphatic carbocycles. The molecule has 2 atom stereocenters. The van der Waals surface area contributed by atoms with Crippen molar-refractivity contribution in [3.8, 4) is 5.75 Å². The summed E-state index contributed by atoms with van der Waals surface area (Å²) in [5.74, 6) is 0.686. The summed E-state index contributed by atoms with van der Waals surface area (Å²) in [6, 6.07) is 5.47. The van der Waals surface area contributed by atoms with Gasteiger partial charge >= 0.3 is 0 Å². The van der Waals surface area contributed by atoms with Crippen LogP contribution in [0.4, 0.5) is 0 Å². The molecule has 1 aromatic rings. The predicted molar refractivity (Wildman–Crippen MR) is 67.1 cm³/mol. The van der Waals surface area contributed by atoms with Crippen molar-refractivity contribution in [2.24, 2.45) is 0 Å². The number of aryl methyl sites for hydroxylation is 1. The summed E-state index contributed by atoms with van der Waals surface area (Å²) < 4.78 is 5.10. The SMILES string of the molecule is COc1ccc(C)c(C(O)C(O)CCBr)c1. The van der Waals surface area contributed by atoms with Crippen molar-refractivity contribution in [3.05, 3.63) is 29.3 Å². The van der Waals surface area contributed by atoms with Crippen molar-refractivity contribution >= 4 is 15.9 Å². The maximum absolute atomic E-state index is 9.99. The zero-order chi connectivity index (χ0) is 12.1. The summed E-state index contributed by atoms with van der Waals surface area (Å²) in [7, 11) is 1.58. The van der Waals surface area contributed by atoms with Gasteiger partial charge in [-0.25, -0.2) is 0 Å². The molecule has 0 bridgehead atoms. The van der Waals surface area contributed by atoms with Gasteiger partial charge in [-0.3, -0.25) is 0 Å². The minimum Gasteiger partial charge on any atom is -0.497 e. The van der Waals surface area contributed by atoms with Gasteiger partial charge in [0.25, 0.3) is 0 Å². The first-order chi connectivity index (χ1) is 7.60. The summed E-state index contributed by atoms with van der Waals surface area (Å²) in [5, 5.41) is 20.4. The van der Waals surface area contributed by atoms with Crippen LogP contribution < -0.4 is 4.74 Å². The largest absolute Gasteiger partial charge is 0.497 e. The van der Waals surface area contributed by atoms with E-state index < -0.39 is 12.2 Å². The Hall–Kier alpha value is -0.580. The van der Waals surface area contributed by atoms with E-state index in [9.17, 15) is 10.2 Å². The monoisotopic (exact) mass is 288 g/mol. The van der Waals surface area contributed by atoms with Crippen LogP contribution in [-0.2, 0) is 0 Å². The number of aliphatic hydroxyl groups is 2. The molecule has 90 valence electrons. The van der Waals surface area contributed by atoms with Gasteiger partial charge in [-0.05, 0) is 36.6 Å². The number of methoxy groups -OCH3 is 1. The van der Waals surface area contributed by atoms with Crippen molar-refractivity contribution < 1.29 is 14.9 Å². The molecule has 0 radical (unpaired) electrons. The molecule has 16 heavy (non-hydrogen) atoms. The van der Waals surface area contributed by atoms with Gasteiger partial charge in [-0.2, -0.15) is 0 Å². The second-order valence-corrected chi connectivity index (χ2v) is 4.51. The predicted octanol–water partition coefficient (Wildman–Crippen LogP) is 2.18. The van der Waals surface area contributed by atoms with Crippen LogP contribution in [0.5, 0.6) is 5.75 Å². The summed E-state index contributed by atoms with van der Waals surface area (Å²) in [4.78, 5) is 0. The lowest BCUT2D eigenvalue weighted by molar-refractivity contribution is 0.0169. The van der Waals surface area contributed by atoms with Crippen LogP contribution in [0.2, 0.25) is 0 Å². The average Bonchev–Trinajstić information content (AvgIpc) is 2.29. The standard InChI is InChI=1S/C12H17BrO3/c1-8-3-4-9(16-2)7-10(8)12(15)11(14)5-6-13/h3-4,7,11-12,14-15H,5-6H2,1-2H3. The number of benzene rings is 1.